The third-order valence-corrected chi connectivity index (χ3v) is 4.27. The lowest BCUT2D eigenvalue weighted by Crippen LogP contribution is -2.29. The van der Waals surface area contributed by atoms with Crippen molar-refractivity contribution in [3.63, 3.8) is 0 Å². The average molecular weight is 448 g/mol. The number of hydrogen-bond donors (Lipinski definition) is 2. The van der Waals surface area contributed by atoms with Crippen molar-refractivity contribution >= 4 is 34.0 Å². The van der Waals surface area contributed by atoms with Crippen LogP contribution in [0.2, 0.25) is 0 Å². The summed E-state index contributed by atoms with van der Waals surface area (Å²) >= 11 is 3.42. The van der Waals surface area contributed by atoms with Crippen LogP contribution in [0.4, 0.5) is 0 Å². The van der Waals surface area contributed by atoms with E-state index in [1.54, 1.807) is 31.4 Å². The van der Waals surface area contributed by atoms with Gasteiger partial charge in [-0.1, -0.05) is 0 Å². The number of ether oxygens (including phenoxy) is 2. The van der Waals surface area contributed by atoms with Gasteiger partial charge in [0.25, 0.3) is 5.91 Å². The van der Waals surface area contributed by atoms with Gasteiger partial charge in [0.2, 0.25) is 5.91 Å². The van der Waals surface area contributed by atoms with E-state index in [2.05, 4.69) is 31.8 Å². The molecule has 2 N–H and O–H groups in total. The smallest absolute Gasteiger partial charge is 0.251 e. The predicted molar refractivity (Wildman–Crippen MR) is 111 cm³/mol. The van der Waals surface area contributed by atoms with Gasteiger partial charge in [-0.2, -0.15) is 5.10 Å². The third-order valence-electron chi connectivity index (χ3n) is 3.65. The molecule has 0 aromatic heterocycles. The number of nitrogens with one attached hydrogen (secondary N) is 2. The second-order valence-corrected chi connectivity index (χ2v) is 6.50. The van der Waals surface area contributed by atoms with Crippen molar-refractivity contribution in [2.45, 2.75) is 13.3 Å². The minimum absolute atomic E-state index is 0.117. The van der Waals surface area contributed by atoms with Crippen LogP contribution in [0.15, 0.2) is 52.0 Å². The van der Waals surface area contributed by atoms with Crippen molar-refractivity contribution in [2.75, 3.05) is 20.3 Å². The maximum Gasteiger partial charge on any atom is 0.251 e. The van der Waals surface area contributed by atoms with Crippen molar-refractivity contribution in [2.24, 2.45) is 5.10 Å². The van der Waals surface area contributed by atoms with E-state index in [9.17, 15) is 9.59 Å². The summed E-state index contributed by atoms with van der Waals surface area (Å²) in [4.78, 5) is 23.8. The van der Waals surface area contributed by atoms with Gasteiger partial charge in [-0.05, 0) is 70.9 Å². The van der Waals surface area contributed by atoms with E-state index >= 15 is 0 Å². The molecule has 2 amide bonds. The summed E-state index contributed by atoms with van der Waals surface area (Å²) in [6, 6.07) is 12.2. The molecular formula is C20H22BrN3O4. The van der Waals surface area contributed by atoms with Gasteiger partial charge in [-0.3, -0.25) is 9.59 Å². The molecule has 28 heavy (non-hydrogen) atoms. The molecule has 0 aliphatic carbocycles. The standard InChI is InChI=1S/C20H22BrN3O4/c1-3-28-18-9-4-14(12-17(18)21)13-23-24-19(25)10-11-22-20(26)15-5-7-16(27-2)8-6-15/h4-9,12-13H,3,10-11H2,1-2H3,(H,22,26)(H,24,25). The van der Waals surface area contributed by atoms with Crippen LogP contribution in [-0.4, -0.2) is 38.3 Å². The van der Waals surface area contributed by atoms with Gasteiger partial charge >= 0.3 is 0 Å². The van der Waals surface area contributed by atoms with E-state index in [1.165, 1.54) is 6.21 Å². The van der Waals surface area contributed by atoms with Gasteiger partial charge < -0.3 is 14.8 Å². The maximum absolute atomic E-state index is 12.0. The Morgan fingerprint density at radius 3 is 2.57 bits per heavy atom. The highest BCUT2D eigenvalue weighted by molar-refractivity contribution is 9.10. The minimum Gasteiger partial charge on any atom is -0.497 e. The van der Waals surface area contributed by atoms with Crippen LogP contribution in [0.25, 0.3) is 0 Å². The maximum atomic E-state index is 12.0. The molecule has 0 saturated carbocycles. The van der Waals surface area contributed by atoms with Gasteiger partial charge in [0.05, 0.1) is 24.4 Å². The van der Waals surface area contributed by atoms with E-state index in [-0.39, 0.29) is 24.8 Å². The first-order valence-electron chi connectivity index (χ1n) is 8.70. The molecule has 8 heteroatoms. The largest absolute Gasteiger partial charge is 0.497 e. The van der Waals surface area contributed by atoms with Crippen LogP contribution in [0.1, 0.15) is 29.3 Å². The first kappa shape index (κ1) is 21.4. The number of carbonyl (C=O) groups is 2. The van der Waals surface area contributed by atoms with Crippen LogP contribution in [0, 0.1) is 0 Å². The van der Waals surface area contributed by atoms with E-state index in [0.717, 1.165) is 15.8 Å². The summed E-state index contributed by atoms with van der Waals surface area (Å²) in [6.45, 7) is 2.70. The first-order valence-corrected chi connectivity index (χ1v) is 9.49. The molecule has 0 spiro atoms. The van der Waals surface area contributed by atoms with Crippen molar-refractivity contribution < 1.29 is 19.1 Å². The Balaban J connectivity index is 1.74. The van der Waals surface area contributed by atoms with E-state index < -0.39 is 0 Å². The Kier molecular flexibility index (Phi) is 8.48. The Morgan fingerprint density at radius 2 is 1.93 bits per heavy atom. The summed E-state index contributed by atoms with van der Waals surface area (Å²) < 4.78 is 11.3. The lowest BCUT2D eigenvalue weighted by molar-refractivity contribution is -0.120. The fraction of sp³-hybridized carbons (Fsp3) is 0.250. The summed E-state index contributed by atoms with van der Waals surface area (Å²) in [7, 11) is 1.56. The van der Waals surface area contributed by atoms with E-state index in [1.807, 2.05) is 25.1 Å². The Labute approximate surface area is 172 Å². The lowest BCUT2D eigenvalue weighted by Gasteiger charge is -2.06. The monoisotopic (exact) mass is 447 g/mol. The van der Waals surface area contributed by atoms with Gasteiger partial charge in [-0.25, -0.2) is 5.43 Å². The SMILES string of the molecule is CCOc1ccc(C=NNC(=O)CCNC(=O)c2ccc(OC)cc2)cc1Br. The first-order chi connectivity index (χ1) is 13.5. The van der Waals surface area contributed by atoms with Crippen molar-refractivity contribution in [1.82, 2.24) is 10.7 Å². The topological polar surface area (TPSA) is 89.0 Å². The van der Waals surface area contributed by atoms with Crippen LogP contribution < -0.4 is 20.2 Å². The molecule has 0 saturated heterocycles. The van der Waals surface area contributed by atoms with Crippen molar-refractivity contribution in [1.29, 1.82) is 0 Å². The van der Waals surface area contributed by atoms with Gasteiger partial charge in [0, 0.05) is 18.5 Å². The number of rotatable bonds is 9. The molecule has 0 atom stereocenters. The second-order valence-electron chi connectivity index (χ2n) is 5.65. The van der Waals surface area contributed by atoms with Crippen LogP contribution in [0.5, 0.6) is 11.5 Å². The molecular weight excluding hydrogens is 426 g/mol. The molecule has 7 nitrogen and oxygen atoms in total. The molecule has 148 valence electrons. The predicted octanol–water partition coefficient (Wildman–Crippen LogP) is 3.13. The third kappa shape index (κ3) is 6.70. The molecule has 2 aromatic carbocycles. The summed E-state index contributed by atoms with van der Waals surface area (Å²) in [6.07, 6.45) is 1.65. The van der Waals surface area contributed by atoms with Gasteiger partial charge in [0.1, 0.15) is 11.5 Å². The summed E-state index contributed by atoms with van der Waals surface area (Å²) in [5.41, 5.74) is 3.74. The molecule has 2 rings (SSSR count). The minimum atomic E-state index is -0.295. The molecule has 0 aliphatic rings. The molecule has 0 heterocycles. The van der Waals surface area contributed by atoms with Gasteiger partial charge in [-0.15, -0.1) is 0 Å². The average Bonchev–Trinajstić information content (AvgIpc) is 2.70. The van der Waals surface area contributed by atoms with Crippen molar-refractivity contribution in [3.05, 3.63) is 58.1 Å². The molecule has 0 fully saturated rings. The van der Waals surface area contributed by atoms with Crippen LogP contribution in [-0.2, 0) is 4.79 Å². The lowest BCUT2D eigenvalue weighted by atomic mass is 10.2. The number of methoxy groups -OCH3 is 1. The molecule has 0 unspecified atom stereocenters. The normalized spacial score (nSPS) is 10.5. The highest BCUT2D eigenvalue weighted by atomic mass is 79.9. The van der Waals surface area contributed by atoms with Crippen molar-refractivity contribution in [3.8, 4) is 11.5 Å². The Bertz CT molecular complexity index is 838. The fourth-order valence-corrected chi connectivity index (χ4v) is 2.75. The summed E-state index contributed by atoms with van der Waals surface area (Å²) in [5.74, 6) is 0.874. The highest BCUT2D eigenvalue weighted by Gasteiger charge is 2.06. The fourth-order valence-electron chi connectivity index (χ4n) is 2.24. The van der Waals surface area contributed by atoms with Crippen LogP contribution in [0.3, 0.4) is 0 Å². The molecule has 2 aromatic rings. The molecule has 0 aliphatic heterocycles. The second kappa shape index (κ2) is 11.1. The van der Waals surface area contributed by atoms with E-state index in [0.29, 0.717) is 17.9 Å². The number of benzene rings is 2. The zero-order valence-corrected chi connectivity index (χ0v) is 17.3. The van der Waals surface area contributed by atoms with Gasteiger partial charge in [0.15, 0.2) is 0 Å². The number of carbonyl (C=O) groups excluding carboxylic acids is 2. The Hall–Kier alpha value is -2.87. The number of halogens is 1. The molecule has 0 radical (unpaired) electrons. The highest BCUT2D eigenvalue weighted by Crippen LogP contribution is 2.25. The summed E-state index contributed by atoms with van der Waals surface area (Å²) in [5, 5.41) is 6.61. The number of nitrogens with zero attached hydrogens (tertiary/aromatic N) is 1. The number of hydrogen-bond acceptors (Lipinski definition) is 5. The quantitative estimate of drug-likeness (QED) is 0.456. The zero-order valence-electron chi connectivity index (χ0n) is 15.7. The van der Waals surface area contributed by atoms with E-state index in [4.69, 9.17) is 9.47 Å². The number of amides is 2. The van der Waals surface area contributed by atoms with Crippen LogP contribution >= 0.6 is 15.9 Å². The molecule has 0 bridgehead atoms. The Morgan fingerprint density at radius 1 is 1.18 bits per heavy atom. The zero-order chi connectivity index (χ0) is 20.4. The number of hydrazone groups is 1.